The van der Waals surface area contributed by atoms with Crippen LogP contribution in [0.25, 0.3) is 0 Å². The number of rotatable bonds is 7. The quantitative estimate of drug-likeness (QED) is 0.679. The van der Waals surface area contributed by atoms with Gasteiger partial charge in [-0.25, -0.2) is 0 Å². The summed E-state index contributed by atoms with van der Waals surface area (Å²) in [5, 5.41) is 12.5. The molecule has 2 N–H and O–H groups in total. The number of unbranched alkanes of at least 4 members (excludes halogenated alkanes) is 1. The maximum absolute atomic E-state index is 12.0. The van der Waals surface area contributed by atoms with Crippen molar-refractivity contribution in [2.24, 2.45) is 0 Å². The topological polar surface area (TPSA) is 52.6 Å². The third-order valence-corrected chi connectivity index (χ3v) is 3.74. The van der Waals surface area contributed by atoms with Crippen molar-refractivity contribution < 1.29 is 9.90 Å². The molecule has 1 fully saturated rings. The number of carbonyl (C=O) groups is 1. The molecule has 4 nitrogen and oxygen atoms in total. The fourth-order valence-electron chi connectivity index (χ4n) is 2.70. The average molecular weight is 256 g/mol. The van der Waals surface area contributed by atoms with Gasteiger partial charge in [0, 0.05) is 12.6 Å². The predicted molar refractivity (Wildman–Crippen MR) is 73.4 cm³/mol. The normalized spacial score (nSPS) is 23.9. The van der Waals surface area contributed by atoms with Gasteiger partial charge >= 0.3 is 0 Å². The first-order chi connectivity index (χ1) is 8.56. The van der Waals surface area contributed by atoms with Crippen molar-refractivity contribution in [1.82, 2.24) is 10.2 Å². The summed E-state index contributed by atoms with van der Waals surface area (Å²) in [6.07, 6.45) is 4.85. The number of nitrogens with zero attached hydrogens (tertiary/aromatic N) is 1. The molecule has 1 amide bonds. The van der Waals surface area contributed by atoms with Crippen LogP contribution in [0.4, 0.5) is 0 Å². The summed E-state index contributed by atoms with van der Waals surface area (Å²) in [7, 11) is 0. The second-order valence-electron chi connectivity index (χ2n) is 5.44. The highest BCUT2D eigenvalue weighted by Crippen LogP contribution is 2.23. The molecule has 1 rings (SSSR count). The van der Waals surface area contributed by atoms with E-state index in [1.165, 1.54) is 0 Å². The van der Waals surface area contributed by atoms with Gasteiger partial charge < -0.3 is 10.4 Å². The van der Waals surface area contributed by atoms with Gasteiger partial charge in [-0.1, -0.05) is 13.3 Å². The minimum Gasteiger partial charge on any atom is -0.393 e. The zero-order chi connectivity index (χ0) is 13.5. The van der Waals surface area contributed by atoms with Gasteiger partial charge in [0.2, 0.25) is 5.91 Å². The Morgan fingerprint density at radius 3 is 2.83 bits per heavy atom. The predicted octanol–water partition coefficient (Wildman–Crippen LogP) is 1.53. The lowest BCUT2D eigenvalue weighted by molar-refractivity contribution is -0.126. The Morgan fingerprint density at radius 1 is 1.50 bits per heavy atom. The van der Waals surface area contributed by atoms with Crippen molar-refractivity contribution in [2.75, 3.05) is 13.1 Å². The summed E-state index contributed by atoms with van der Waals surface area (Å²) >= 11 is 0. The molecule has 3 atom stereocenters. The van der Waals surface area contributed by atoms with E-state index in [2.05, 4.69) is 17.1 Å². The van der Waals surface area contributed by atoms with Crippen molar-refractivity contribution in [1.29, 1.82) is 0 Å². The van der Waals surface area contributed by atoms with Crippen LogP contribution in [0.3, 0.4) is 0 Å². The minimum atomic E-state index is -0.286. The molecule has 0 aliphatic carbocycles. The summed E-state index contributed by atoms with van der Waals surface area (Å²) in [6.45, 7) is 7.66. The molecule has 106 valence electrons. The van der Waals surface area contributed by atoms with Gasteiger partial charge in [-0.2, -0.15) is 0 Å². The summed E-state index contributed by atoms with van der Waals surface area (Å²) < 4.78 is 0. The zero-order valence-electron chi connectivity index (χ0n) is 12.0. The Kier molecular flexibility index (Phi) is 6.65. The highest BCUT2D eigenvalue weighted by Gasteiger charge is 2.32. The third kappa shape index (κ3) is 4.58. The first-order valence-corrected chi connectivity index (χ1v) is 7.27. The lowest BCUT2D eigenvalue weighted by atomic mass is 10.1. The number of amides is 1. The Balaban J connectivity index is 2.43. The largest absolute Gasteiger partial charge is 0.393 e. The van der Waals surface area contributed by atoms with Crippen LogP contribution in [0.2, 0.25) is 0 Å². The molecular formula is C14H28N2O2. The molecule has 0 aromatic rings. The number of hydrogen-bond donors (Lipinski definition) is 2. The van der Waals surface area contributed by atoms with E-state index in [1.807, 2.05) is 13.8 Å². The lowest BCUT2D eigenvalue weighted by Gasteiger charge is -2.30. The van der Waals surface area contributed by atoms with Crippen molar-refractivity contribution >= 4 is 5.91 Å². The first-order valence-electron chi connectivity index (χ1n) is 7.27. The Labute approximate surface area is 111 Å². The molecule has 0 saturated carbocycles. The highest BCUT2D eigenvalue weighted by atomic mass is 16.3. The van der Waals surface area contributed by atoms with Crippen molar-refractivity contribution in [2.45, 2.75) is 71.1 Å². The van der Waals surface area contributed by atoms with Crippen molar-refractivity contribution in [3.8, 4) is 0 Å². The van der Waals surface area contributed by atoms with E-state index in [-0.39, 0.29) is 18.1 Å². The molecule has 0 radical (unpaired) electrons. The summed E-state index contributed by atoms with van der Waals surface area (Å²) in [5.74, 6) is 0.126. The Bertz CT molecular complexity index is 256. The molecule has 1 saturated heterocycles. The van der Waals surface area contributed by atoms with Crippen LogP contribution in [0.1, 0.15) is 52.9 Å². The van der Waals surface area contributed by atoms with Crippen LogP contribution in [0.15, 0.2) is 0 Å². The molecule has 4 heteroatoms. The summed E-state index contributed by atoms with van der Waals surface area (Å²) in [4.78, 5) is 14.3. The summed E-state index contributed by atoms with van der Waals surface area (Å²) in [6, 6.07) is 0.282. The van der Waals surface area contributed by atoms with Crippen molar-refractivity contribution in [3.63, 3.8) is 0 Å². The van der Waals surface area contributed by atoms with Crippen LogP contribution in [-0.4, -0.2) is 47.2 Å². The van der Waals surface area contributed by atoms with Gasteiger partial charge in [-0.15, -0.1) is 0 Å². The second-order valence-corrected chi connectivity index (χ2v) is 5.44. The molecule has 0 aromatic heterocycles. The van der Waals surface area contributed by atoms with Gasteiger partial charge in [-0.05, 0) is 46.1 Å². The van der Waals surface area contributed by atoms with Gasteiger partial charge in [0.1, 0.15) is 0 Å². The SMILES string of the molecule is CCCCNC(=O)C(C)N1CCCC1CC(C)O. The van der Waals surface area contributed by atoms with Crippen molar-refractivity contribution in [3.05, 3.63) is 0 Å². The first kappa shape index (κ1) is 15.4. The molecule has 1 heterocycles. The third-order valence-electron chi connectivity index (χ3n) is 3.74. The fraction of sp³-hybridized carbons (Fsp3) is 0.929. The second kappa shape index (κ2) is 7.74. The van der Waals surface area contributed by atoms with Crippen LogP contribution in [-0.2, 0) is 4.79 Å². The molecule has 0 spiro atoms. The van der Waals surface area contributed by atoms with E-state index < -0.39 is 0 Å². The van der Waals surface area contributed by atoms with Crippen LogP contribution < -0.4 is 5.32 Å². The molecule has 1 aliphatic rings. The fourth-order valence-corrected chi connectivity index (χ4v) is 2.70. The lowest BCUT2D eigenvalue weighted by Crippen LogP contribution is -2.48. The van der Waals surface area contributed by atoms with E-state index in [4.69, 9.17) is 0 Å². The van der Waals surface area contributed by atoms with E-state index in [1.54, 1.807) is 0 Å². The molecule has 0 bridgehead atoms. The van der Waals surface area contributed by atoms with Gasteiger partial charge in [0.25, 0.3) is 0 Å². The smallest absolute Gasteiger partial charge is 0.237 e. The van der Waals surface area contributed by atoms with Crippen LogP contribution in [0.5, 0.6) is 0 Å². The van der Waals surface area contributed by atoms with Crippen LogP contribution in [0, 0.1) is 0 Å². The van der Waals surface area contributed by atoms with Gasteiger partial charge in [0.15, 0.2) is 0 Å². The maximum Gasteiger partial charge on any atom is 0.237 e. The molecule has 0 aromatic carbocycles. The number of aliphatic hydroxyl groups is 1. The van der Waals surface area contributed by atoms with Crippen LogP contribution >= 0.6 is 0 Å². The number of carbonyl (C=O) groups excluding carboxylic acids is 1. The number of hydrogen-bond acceptors (Lipinski definition) is 3. The highest BCUT2D eigenvalue weighted by molar-refractivity contribution is 5.81. The standard InChI is InChI=1S/C14H28N2O2/c1-4-5-8-15-14(18)12(3)16-9-6-7-13(16)10-11(2)17/h11-13,17H,4-10H2,1-3H3,(H,15,18). The average Bonchev–Trinajstić information content (AvgIpc) is 2.75. The number of likely N-dealkylation sites (tertiary alicyclic amines) is 1. The molecular weight excluding hydrogens is 228 g/mol. The number of nitrogens with one attached hydrogen (secondary N) is 1. The van der Waals surface area contributed by atoms with Gasteiger partial charge in [-0.3, -0.25) is 9.69 Å². The monoisotopic (exact) mass is 256 g/mol. The van der Waals surface area contributed by atoms with Gasteiger partial charge in [0.05, 0.1) is 12.1 Å². The van der Waals surface area contributed by atoms with E-state index >= 15 is 0 Å². The van der Waals surface area contributed by atoms with E-state index in [0.717, 1.165) is 45.2 Å². The van der Waals surface area contributed by atoms with E-state index in [9.17, 15) is 9.90 Å². The zero-order valence-corrected chi connectivity index (χ0v) is 12.0. The summed E-state index contributed by atoms with van der Waals surface area (Å²) in [5.41, 5.74) is 0. The minimum absolute atomic E-state index is 0.0758. The number of aliphatic hydroxyl groups excluding tert-OH is 1. The van der Waals surface area contributed by atoms with E-state index in [0.29, 0.717) is 6.04 Å². The Hall–Kier alpha value is -0.610. The molecule has 1 aliphatic heterocycles. The molecule has 18 heavy (non-hydrogen) atoms. The Morgan fingerprint density at radius 2 is 2.22 bits per heavy atom. The molecule has 3 unspecified atom stereocenters. The maximum atomic E-state index is 12.0.